The third-order valence-electron chi connectivity index (χ3n) is 3.39. The average molecular weight is 326 g/mol. The fraction of sp³-hybridized carbons (Fsp3) is 0.385. The molecule has 0 aliphatic carbocycles. The van der Waals surface area contributed by atoms with E-state index >= 15 is 0 Å². The summed E-state index contributed by atoms with van der Waals surface area (Å²) in [4.78, 5) is 14.1. The number of oxime groups is 1. The zero-order chi connectivity index (χ0) is 13.8. The van der Waals surface area contributed by atoms with Gasteiger partial charge in [-0.05, 0) is 31.0 Å². The highest BCUT2D eigenvalue weighted by Crippen LogP contribution is 2.20. The second-order valence-corrected chi connectivity index (χ2v) is 5.52. The van der Waals surface area contributed by atoms with Gasteiger partial charge in [-0.25, -0.2) is 0 Å². The molecule has 1 heterocycles. The first-order valence-corrected chi connectivity index (χ1v) is 6.93. The van der Waals surface area contributed by atoms with Crippen molar-refractivity contribution in [3.05, 3.63) is 34.3 Å². The predicted molar refractivity (Wildman–Crippen MR) is 76.2 cm³/mol. The maximum Gasteiger partial charge on any atom is 0.253 e. The van der Waals surface area contributed by atoms with E-state index in [1.54, 1.807) is 0 Å². The Balaban J connectivity index is 2.00. The quantitative estimate of drug-likeness (QED) is 0.378. The first kappa shape index (κ1) is 13.9. The highest BCUT2D eigenvalue weighted by Gasteiger charge is 2.25. The van der Waals surface area contributed by atoms with Crippen molar-refractivity contribution in [1.29, 1.82) is 0 Å². The van der Waals surface area contributed by atoms with Crippen molar-refractivity contribution in [1.82, 2.24) is 4.90 Å². The van der Waals surface area contributed by atoms with E-state index in [1.807, 2.05) is 29.2 Å². The summed E-state index contributed by atoms with van der Waals surface area (Å²) in [6.45, 7) is 1.26. The molecule has 1 fully saturated rings. The number of rotatable bonds is 2. The molecular formula is C13H16BrN3O2. The fourth-order valence-electron chi connectivity index (χ4n) is 2.26. The number of benzene rings is 1. The Morgan fingerprint density at radius 3 is 2.68 bits per heavy atom. The van der Waals surface area contributed by atoms with Gasteiger partial charge in [-0.2, -0.15) is 0 Å². The summed E-state index contributed by atoms with van der Waals surface area (Å²) in [5.41, 5.74) is 6.27. The van der Waals surface area contributed by atoms with E-state index in [-0.39, 0.29) is 17.7 Å². The maximum absolute atomic E-state index is 12.3. The van der Waals surface area contributed by atoms with Crippen molar-refractivity contribution in [3.63, 3.8) is 0 Å². The highest BCUT2D eigenvalue weighted by molar-refractivity contribution is 9.10. The highest BCUT2D eigenvalue weighted by atomic mass is 79.9. The van der Waals surface area contributed by atoms with Crippen LogP contribution in [0.25, 0.3) is 0 Å². The summed E-state index contributed by atoms with van der Waals surface area (Å²) in [6.07, 6.45) is 1.46. The molecule has 2 rings (SSSR count). The number of nitrogens with two attached hydrogens (primary N) is 1. The molecule has 6 heteroatoms. The molecular weight excluding hydrogens is 310 g/mol. The number of likely N-dealkylation sites (tertiary alicyclic amines) is 1. The molecule has 5 nitrogen and oxygen atoms in total. The van der Waals surface area contributed by atoms with Gasteiger partial charge in [-0.15, -0.1) is 0 Å². The van der Waals surface area contributed by atoms with Crippen molar-refractivity contribution in [3.8, 4) is 0 Å². The molecule has 0 unspecified atom stereocenters. The van der Waals surface area contributed by atoms with Crippen molar-refractivity contribution >= 4 is 27.7 Å². The Morgan fingerprint density at radius 1 is 1.42 bits per heavy atom. The number of carbonyl (C=O) groups is 1. The Morgan fingerprint density at radius 2 is 2.11 bits per heavy atom. The van der Waals surface area contributed by atoms with Crippen LogP contribution < -0.4 is 5.73 Å². The molecule has 0 saturated carbocycles. The molecule has 1 aromatic rings. The smallest absolute Gasteiger partial charge is 0.253 e. The lowest BCUT2D eigenvalue weighted by atomic mass is 9.95. The van der Waals surface area contributed by atoms with Gasteiger partial charge in [-0.3, -0.25) is 4.79 Å². The third-order valence-corrected chi connectivity index (χ3v) is 3.88. The van der Waals surface area contributed by atoms with Crippen LogP contribution in [0, 0.1) is 5.92 Å². The largest absolute Gasteiger partial charge is 0.409 e. The van der Waals surface area contributed by atoms with Gasteiger partial charge in [0.25, 0.3) is 5.91 Å². The van der Waals surface area contributed by atoms with Gasteiger partial charge in [0, 0.05) is 29.0 Å². The van der Waals surface area contributed by atoms with Crippen LogP contribution in [0.15, 0.2) is 33.9 Å². The van der Waals surface area contributed by atoms with Crippen LogP contribution in [0.4, 0.5) is 0 Å². The van der Waals surface area contributed by atoms with Gasteiger partial charge in [0.05, 0.1) is 0 Å². The summed E-state index contributed by atoms with van der Waals surface area (Å²) < 4.78 is 0.893. The number of carbonyl (C=O) groups excluding carboxylic acids is 1. The minimum Gasteiger partial charge on any atom is -0.409 e. The molecule has 0 bridgehead atoms. The predicted octanol–water partition coefficient (Wildman–Crippen LogP) is 2.05. The summed E-state index contributed by atoms with van der Waals surface area (Å²) in [7, 11) is 0. The van der Waals surface area contributed by atoms with Gasteiger partial charge in [0.2, 0.25) is 0 Å². The molecule has 0 aromatic heterocycles. The average Bonchev–Trinajstić information content (AvgIpc) is 2.46. The monoisotopic (exact) mass is 325 g/mol. The summed E-state index contributed by atoms with van der Waals surface area (Å²) >= 11 is 3.36. The number of piperidine rings is 1. The second kappa shape index (κ2) is 6.06. The van der Waals surface area contributed by atoms with E-state index in [2.05, 4.69) is 21.1 Å². The number of hydrogen-bond donors (Lipinski definition) is 2. The summed E-state index contributed by atoms with van der Waals surface area (Å²) in [5.74, 6) is 0.352. The van der Waals surface area contributed by atoms with Crippen LogP contribution in [0.1, 0.15) is 23.2 Å². The minimum atomic E-state index is 0.0271. The minimum absolute atomic E-state index is 0.0271. The normalized spacial score (nSPS) is 17.5. The standard InChI is InChI=1S/C13H16BrN3O2/c14-11-3-1-2-10(8-11)13(18)17-6-4-9(5-7-17)12(15)16-19/h1-3,8-9,19H,4-7H2,(H2,15,16). The van der Waals surface area contributed by atoms with Crippen LogP contribution in [0.5, 0.6) is 0 Å². The Kier molecular flexibility index (Phi) is 4.42. The molecule has 0 spiro atoms. The Bertz CT molecular complexity index is 496. The fourth-order valence-corrected chi connectivity index (χ4v) is 2.66. The molecule has 1 aliphatic heterocycles. The van der Waals surface area contributed by atoms with Gasteiger partial charge in [0.1, 0.15) is 5.84 Å². The zero-order valence-corrected chi connectivity index (χ0v) is 12.0. The lowest BCUT2D eigenvalue weighted by molar-refractivity contribution is 0.0709. The van der Waals surface area contributed by atoms with Gasteiger partial charge in [-0.1, -0.05) is 27.2 Å². The molecule has 0 atom stereocenters. The van der Waals surface area contributed by atoms with Crippen LogP contribution in [-0.4, -0.2) is 34.9 Å². The molecule has 1 aromatic carbocycles. The molecule has 19 heavy (non-hydrogen) atoms. The number of hydrogen-bond acceptors (Lipinski definition) is 3. The molecule has 1 aliphatic rings. The molecule has 102 valence electrons. The van der Waals surface area contributed by atoms with Crippen molar-refractivity contribution in [2.45, 2.75) is 12.8 Å². The summed E-state index contributed by atoms with van der Waals surface area (Å²) in [6, 6.07) is 7.36. The van der Waals surface area contributed by atoms with E-state index in [4.69, 9.17) is 10.9 Å². The molecule has 0 radical (unpaired) electrons. The van der Waals surface area contributed by atoms with Crippen molar-refractivity contribution in [2.24, 2.45) is 16.8 Å². The Hall–Kier alpha value is -1.56. The molecule has 3 N–H and O–H groups in total. The molecule has 1 amide bonds. The van der Waals surface area contributed by atoms with Gasteiger partial charge in [0.15, 0.2) is 0 Å². The second-order valence-electron chi connectivity index (χ2n) is 4.60. The Labute approximate surface area is 120 Å². The van der Waals surface area contributed by atoms with Crippen LogP contribution in [0.2, 0.25) is 0 Å². The van der Waals surface area contributed by atoms with E-state index in [9.17, 15) is 4.79 Å². The van der Waals surface area contributed by atoms with Crippen molar-refractivity contribution < 1.29 is 10.0 Å². The lowest BCUT2D eigenvalue weighted by Gasteiger charge is -2.31. The van der Waals surface area contributed by atoms with Crippen LogP contribution in [0.3, 0.4) is 0 Å². The van der Waals surface area contributed by atoms with E-state index in [1.165, 1.54) is 0 Å². The zero-order valence-electron chi connectivity index (χ0n) is 10.4. The molecule has 1 saturated heterocycles. The van der Waals surface area contributed by atoms with Crippen molar-refractivity contribution in [2.75, 3.05) is 13.1 Å². The maximum atomic E-state index is 12.3. The SMILES string of the molecule is NC(=NO)C1CCN(C(=O)c2cccc(Br)c2)CC1. The van der Waals surface area contributed by atoms with E-state index in [0.717, 1.165) is 17.3 Å². The van der Waals surface area contributed by atoms with Gasteiger partial charge >= 0.3 is 0 Å². The topological polar surface area (TPSA) is 78.9 Å². The van der Waals surface area contributed by atoms with Crippen LogP contribution >= 0.6 is 15.9 Å². The first-order valence-electron chi connectivity index (χ1n) is 6.14. The number of amidine groups is 1. The van der Waals surface area contributed by atoms with Crippen LogP contribution in [-0.2, 0) is 0 Å². The number of halogens is 1. The van der Waals surface area contributed by atoms with E-state index < -0.39 is 0 Å². The van der Waals surface area contributed by atoms with Gasteiger partial charge < -0.3 is 15.8 Å². The number of amides is 1. The summed E-state index contributed by atoms with van der Waals surface area (Å²) in [5, 5.41) is 11.7. The number of nitrogens with zero attached hydrogens (tertiary/aromatic N) is 2. The first-order chi connectivity index (χ1) is 9.11. The third kappa shape index (κ3) is 3.26. The van der Waals surface area contributed by atoms with E-state index in [0.29, 0.717) is 18.7 Å². The lowest BCUT2D eigenvalue weighted by Crippen LogP contribution is -2.41.